The Morgan fingerprint density at radius 2 is 1.72 bits per heavy atom. The van der Waals surface area contributed by atoms with Gasteiger partial charge in [-0.2, -0.15) is 9.78 Å². The highest BCUT2D eigenvalue weighted by Crippen LogP contribution is 2.30. The van der Waals surface area contributed by atoms with Gasteiger partial charge in [-0.25, -0.2) is 14.0 Å². The van der Waals surface area contributed by atoms with E-state index in [1.165, 1.54) is 12.1 Å². The lowest BCUT2D eigenvalue weighted by atomic mass is 9.93. The molecule has 13 heteroatoms. The molecule has 0 bridgehead atoms. The van der Waals surface area contributed by atoms with Crippen LogP contribution in [0.1, 0.15) is 40.4 Å². The van der Waals surface area contributed by atoms with Gasteiger partial charge in [0, 0.05) is 42.2 Å². The minimum atomic E-state index is -0.692. The number of anilines is 2. The van der Waals surface area contributed by atoms with Crippen molar-refractivity contribution in [3.63, 3.8) is 0 Å². The van der Waals surface area contributed by atoms with Crippen LogP contribution in [0.4, 0.5) is 25.5 Å². The van der Waals surface area contributed by atoms with Gasteiger partial charge in [0.15, 0.2) is 5.82 Å². The summed E-state index contributed by atoms with van der Waals surface area (Å²) in [6, 6.07) is 14.2. The number of morpholine rings is 1. The van der Waals surface area contributed by atoms with E-state index >= 15 is 4.39 Å². The Hall–Kier alpha value is -4.75. The Balaban J connectivity index is 1.30. The highest BCUT2D eigenvalue weighted by atomic mass is 19.1. The zero-order valence-corrected chi connectivity index (χ0v) is 26.6. The second-order valence-corrected chi connectivity index (χ2v) is 12.2. The molecule has 0 atom stereocenters. The first kappa shape index (κ1) is 32.6. The molecule has 2 aromatic carbocycles. The van der Waals surface area contributed by atoms with Crippen molar-refractivity contribution in [2.45, 2.75) is 46.1 Å². The Labute approximate surface area is 266 Å². The van der Waals surface area contributed by atoms with E-state index in [-0.39, 0.29) is 23.0 Å². The molecule has 0 spiro atoms. The molecule has 0 radical (unpaired) electrons. The fourth-order valence-electron chi connectivity index (χ4n) is 4.69. The fraction of sp³-hybridized carbons (Fsp3) is 0.394. The minimum Gasteiger partial charge on any atom is -0.492 e. The van der Waals surface area contributed by atoms with E-state index < -0.39 is 17.9 Å². The summed E-state index contributed by atoms with van der Waals surface area (Å²) in [6.07, 6.45) is -1.04. The Morgan fingerprint density at radius 1 is 1.00 bits per heavy atom. The molecule has 0 aliphatic carbocycles. The van der Waals surface area contributed by atoms with Crippen LogP contribution in [0.3, 0.4) is 0 Å². The maximum Gasteiger partial charge on any atom is 0.435 e. The lowest BCUT2D eigenvalue weighted by molar-refractivity contribution is 0.0322. The quantitative estimate of drug-likeness (QED) is 0.215. The first-order valence-electron chi connectivity index (χ1n) is 15.2. The summed E-state index contributed by atoms with van der Waals surface area (Å²) in [7, 11) is 0. The molecule has 5 rings (SSSR count). The topological polar surface area (TPSA) is 133 Å². The summed E-state index contributed by atoms with van der Waals surface area (Å²) < 4.78 is 38.4. The van der Waals surface area contributed by atoms with Crippen LogP contribution in [0, 0.1) is 5.82 Å². The Kier molecular flexibility index (Phi) is 10.0. The van der Waals surface area contributed by atoms with Crippen molar-refractivity contribution in [2.75, 3.05) is 50.1 Å². The average molecular weight is 635 g/mol. The van der Waals surface area contributed by atoms with Gasteiger partial charge in [0.25, 0.3) is 0 Å². The van der Waals surface area contributed by atoms with Gasteiger partial charge in [-0.15, -0.1) is 0 Å². The first-order chi connectivity index (χ1) is 22.0. The maximum absolute atomic E-state index is 15.2. The summed E-state index contributed by atoms with van der Waals surface area (Å²) in [5, 5.41) is 13.3. The van der Waals surface area contributed by atoms with Gasteiger partial charge in [0.1, 0.15) is 23.9 Å². The zero-order valence-electron chi connectivity index (χ0n) is 26.6. The van der Waals surface area contributed by atoms with E-state index in [1.54, 1.807) is 32.0 Å². The highest BCUT2D eigenvalue weighted by Gasteiger charge is 2.22. The third kappa shape index (κ3) is 8.29. The molecule has 12 nitrogen and oxygen atoms in total. The normalized spacial score (nSPS) is 13.9. The predicted molar refractivity (Wildman–Crippen MR) is 171 cm³/mol. The maximum atomic E-state index is 15.2. The second-order valence-electron chi connectivity index (χ2n) is 12.2. The van der Waals surface area contributed by atoms with Crippen molar-refractivity contribution in [1.29, 1.82) is 0 Å². The molecular formula is C33H39FN6O6. The molecule has 1 aliphatic heterocycles. The molecule has 3 heterocycles. The van der Waals surface area contributed by atoms with Crippen molar-refractivity contribution in [1.82, 2.24) is 19.8 Å². The SMILES string of the molecule is CC(C)OC(=O)n1nc(-c2ccc(NC(=O)Nc3cc(C(C)(C)C)on3)c(F)c2)cc1-c1ccc(OCCN2CCOCC2)cc1. The van der Waals surface area contributed by atoms with Crippen LogP contribution in [0.15, 0.2) is 59.1 Å². The van der Waals surface area contributed by atoms with Gasteiger partial charge in [-0.05, 0) is 56.3 Å². The lowest BCUT2D eigenvalue weighted by Crippen LogP contribution is -2.38. The van der Waals surface area contributed by atoms with E-state index in [1.807, 2.05) is 45.0 Å². The Bertz CT molecular complexity index is 1650. The molecule has 46 heavy (non-hydrogen) atoms. The number of amides is 2. The van der Waals surface area contributed by atoms with E-state index in [0.717, 1.165) is 37.5 Å². The molecule has 0 unspecified atom stereocenters. The van der Waals surface area contributed by atoms with E-state index in [2.05, 4.69) is 25.8 Å². The van der Waals surface area contributed by atoms with Crippen molar-refractivity contribution in [3.05, 3.63) is 66.2 Å². The summed E-state index contributed by atoms with van der Waals surface area (Å²) in [6.45, 7) is 13.9. The molecular weight excluding hydrogens is 595 g/mol. The number of halogens is 1. The Morgan fingerprint density at radius 3 is 2.37 bits per heavy atom. The van der Waals surface area contributed by atoms with Gasteiger partial charge in [0.05, 0.1) is 36.4 Å². The number of ether oxygens (including phenoxy) is 3. The van der Waals surface area contributed by atoms with Crippen LogP contribution in [-0.2, 0) is 14.9 Å². The van der Waals surface area contributed by atoms with Crippen molar-refractivity contribution < 1.29 is 32.7 Å². The minimum absolute atomic E-state index is 0.0520. The standard InChI is InChI=1S/C33H39FN6O6/c1-21(2)45-32(42)40-28(22-6-9-24(10-7-22)44-17-14-39-12-15-43-16-13-39)19-27(37-40)23-8-11-26(25(34)18-23)35-31(41)36-30-20-29(46-38-30)33(3,4)5/h6-11,18-21H,12-17H2,1-5H3,(H2,35,36,38,41). The number of rotatable bonds is 9. The number of benzene rings is 2. The number of aromatic nitrogens is 3. The monoisotopic (exact) mass is 634 g/mol. The van der Waals surface area contributed by atoms with Gasteiger partial charge in [-0.3, -0.25) is 10.2 Å². The molecule has 0 saturated carbocycles. The van der Waals surface area contributed by atoms with E-state index in [0.29, 0.717) is 40.6 Å². The molecule has 1 saturated heterocycles. The molecule has 2 aromatic heterocycles. The highest BCUT2D eigenvalue weighted by molar-refractivity contribution is 5.99. The molecule has 1 aliphatic rings. The number of hydrogen-bond donors (Lipinski definition) is 2. The molecule has 244 valence electrons. The van der Waals surface area contributed by atoms with Gasteiger partial charge < -0.3 is 24.1 Å². The third-order valence-corrected chi connectivity index (χ3v) is 7.15. The molecule has 2 N–H and O–H groups in total. The predicted octanol–water partition coefficient (Wildman–Crippen LogP) is 6.39. The van der Waals surface area contributed by atoms with Crippen LogP contribution in [0.2, 0.25) is 0 Å². The first-order valence-corrected chi connectivity index (χ1v) is 15.2. The van der Waals surface area contributed by atoms with E-state index in [4.69, 9.17) is 18.7 Å². The van der Waals surface area contributed by atoms with Crippen molar-refractivity contribution in [3.8, 4) is 28.3 Å². The zero-order chi connectivity index (χ0) is 32.8. The number of hydrogen-bond acceptors (Lipinski definition) is 9. The number of nitrogens with one attached hydrogen (secondary N) is 2. The summed E-state index contributed by atoms with van der Waals surface area (Å²) in [4.78, 5) is 27.8. The number of urea groups is 1. The van der Waals surface area contributed by atoms with Crippen LogP contribution >= 0.6 is 0 Å². The number of carbonyl (C=O) groups is 2. The average Bonchev–Trinajstić information content (AvgIpc) is 3.67. The van der Waals surface area contributed by atoms with Crippen molar-refractivity contribution >= 4 is 23.6 Å². The largest absolute Gasteiger partial charge is 0.492 e. The fourth-order valence-corrected chi connectivity index (χ4v) is 4.69. The van der Waals surface area contributed by atoms with Crippen LogP contribution in [0.5, 0.6) is 5.75 Å². The van der Waals surface area contributed by atoms with Gasteiger partial charge in [0.2, 0.25) is 0 Å². The summed E-state index contributed by atoms with van der Waals surface area (Å²) in [5.41, 5.74) is 1.56. The number of nitrogens with zero attached hydrogens (tertiary/aromatic N) is 4. The van der Waals surface area contributed by atoms with Crippen LogP contribution < -0.4 is 15.4 Å². The lowest BCUT2D eigenvalue weighted by Gasteiger charge is -2.26. The van der Waals surface area contributed by atoms with Gasteiger partial charge >= 0.3 is 12.1 Å². The molecule has 1 fully saturated rings. The van der Waals surface area contributed by atoms with Gasteiger partial charge in [-0.1, -0.05) is 32.0 Å². The van der Waals surface area contributed by atoms with Crippen LogP contribution in [-0.4, -0.2) is 77.5 Å². The molecule has 4 aromatic rings. The van der Waals surface area contributed by atoms with Crippen molar-refractivity contribution in [2.24, 2.45) is 0 Å². The number of carbonyl (C=O) groups excluding carboxylic acids is 2. The summed E-state index contributed by atoms with van der Waals surface area (Å²) in [5.74, 6) is 0.805. The third-order valence-electron chi connectivity index (χ3n) is 7.15. The second kappa shape index (κ2) is 14.1. The molecule has 2 amide bonds. The van der Waals surface area contributed by atoms with E-state index in [9.17, 15) is 9.59 Å². The van der Waals surface area contributed by atoms with Crippen LogP contribution in [0.25, 0.3) is 22.5 Å². The summed E-state index contributed by atoms with van der Waals surface area (Å²) >= 11 is 0. The smallest absolute Gasteiger partial charge is 0.435 e.